The van der Waals surface area contributed by atoms with Gasteiger partial charge in [-0.2, -0.15) is 0 Å². The topological polar surface area (TPSA) is 134 Å². The molecule has 10 heteroatoms. The first-order valence-corrected chi connectivity index (χ1v) is 12.7. The summed E-state index contributed by atoms with van der Waals surface area (Å²) in [5.74, 6) is -1.04. The van der Waals surface area contributed by atoms with E-state index in [1.807, 2.05) is 13.8 Å². The fourth-order valence-electron chi connectivity index (χ4n) is 4.06. The Morgan fingerprint density at radius 1 is 1.24 bits per heavy atom. The number of halogens is 1. The van der Waals surface area contributed by atoms with Crippen LogP contribution in [0.4, 0.5) is 10.2 Å². The van der Waals surface area contributed by atoms with Gasteiger partial charge in [-0.3, -0.25) is 18.2 Å². The lowest BCUT2D eigenvalue weighted by atomic mass is 9.89. The molecule has 1 aliphatic heterocycles. The highest BCUT2D eigenvalue weighted by molar-refractivity contribution is 8.25. The van der Waals surface area contributed by atoms with Crippen molar-refractivity contribution in [1.29, 1.82) is 0 Å². The van der Waals surface area contributed by atoms with Crippen molar-refractivity contribution in [1.82, 2.24) is 4.98 Å². The number of benzene rings is 1. The van der Waals surface area contributed by atoms with Crippen LogP contribution in [-0.4, -0.2) is 60.4 Å². The van der Waals surface area contributed by atoms with Crippen molar-refractivity contribution in [3.63, 3.8) is 0 Å². The average molecular weight is 495 g/mol. The van der Waals surface area contributed by atoms with Gasteiger partial charge in [0.15, 0.2) is 5.82 Å². The molecule has 3 rings (SSSR count). The van der Waals surface area contributed by atoms with E-state index in [1.165, 1.54) is 22.5 Å². The summed E-state index contributed by atoms with van der Waals surface area (Å²) in [5, 5.41) is 29.1. The average Bonchev–Trinajstić information content (AvgIpc) is 2.74. The maximum absolute atomic E-state index is 13.7. The Balaban J connectivity index is 2.16. The van der Waals surface area contributed by atoms with E-state index in [-0.39, 0.29) is 23.9 Å². The van der Waals surface area contributed by atoms with Gasteiger partial charge in [-0.15, -0.1) is 10.8 Å². The van der Waals surface area contributed by atoms with Crippen molar-refractivity contribution in [2.45, 2.75) is 51.2 Å². The molecule has 0 saturated carbocycles. The van der Waals surface area contributed by atoms with Gasteiger partial charge >= 0.3 is 5.97 Å². The number of carbonyl (C=O) groups is 1. The maximum atomic E-state index is 13.7. The maximum Gasteiger partial charge on any atom is 0.305 e. The van der Waals surface area contributed by atoms with Gasteiger partial charge in [0, 0.05) is 24.6 Å². The lowest BCUT2D eigenvalue weighted by Gasteiger charge is -2.46. The van der Waals surface area contributed by atoms with Crippen molar-refractivity contribution in [2.24, 2.45) is 0 Å². The minimum absolute atomic E-state index is 0.0731. The Morgan fingerprint density at radius 2 is 1.88 bits per heavy atom. The molecule has 0 radical (unpaired) electrons. The fourth-order valence-corrected chi connectivity index (χ4v) is 5.24. The van der Waals surface area contributed by atoms with Gasteiger partial charge in [-0.25, -0.2) is 9.37 Å². The number of aliphatic hydroxyl groups excluding tert-OH is 2. The molecular formula is C24H31FN2O6S. The number of carboxylic acids is 1. The predicted octanol–water partition coefficient (Wildman–Crippen LogP) is 4.27. The molecular weight excluding hydrogens is 463 g/mol. The van der Waals surface area contributed by atoms with E-state index in [0.717, 1.165) is 11.1 Å². The van der Waals surface area contributed by atoms with Crippen LogP contribution < -0.4 is 4.31 Å². The smallest absolute Gasteiger partial charge is 0.305 e. The molecule has 1 aromatic carbocycles. The quantitative estimate of drug-likeness (QED) is 0.367. The van der Waals surface area contributed by atoms with Gasteiger partial charge < -0.3 is 15.3 Å². The van der Waals surface area contributed by atoms with Gasteiger partial charge in [0.05, 0.1) is 30.1 Å². The van der Waals surface area contributed by atoms with Crippen molar-refractivity contribution < 1.29 is 33.6 Å². The largest absolute Gasteiger partial charge is 0.481 e. The molecule has 2 atom stereocenters. The first kappa shape index (κ1) is 26.1. The van der Waals surface area contributed by atoms with Crippen LogP contribution >= 0.6 is 10.8 Å². The number of rotatable bonds is 8. The molecule has 2 heterocycles. The third kappa shape index (κ3) is 5.76. The number of pyridine rings is 1. The van der Waals surface area contributed by atoms with Gasteiger partial charge in [0.25, 0.3) is 0 Å². The standard InChI is InChI=1S/C24H31FN2O6S/c1-14(2)23-19(9-8-17(28)12-18(29)13-21(30)31)22(15-4-6-16(25)7-5-15)20-10-11-34(32,33)27(3)24(20)26-23/h4-9,14,17-18,28-29,32-33H,10-13H2,1-3H3,(H,30,31)/b9-8+/t17-,18-/m1/s1. The Kier molecular flexibility index (Phi) is 7.99. The van der Waals surface area contributed by atoms with Crippen LogP contribution in [0.3, 0.4) is 0 Å². The van der Waals surface area contributed by atoms with Gasteiger partial charge in [-0.1, -0.05) is 38.1 Å². The number of carboxylic acid groups (broad SMARTS) is 1. The zero-order chi connectivity index (χ0) is 25.2. The van der Waals surface area contributed by atoms with Crippen LogP contribution in [0.25, 0.3) is 17.2 Å². The Bertz CT molecular complexity index is 1070. The summed E-state index contributed by atoms with van der Waals surface area (Å²) < 4.78 is 36.0. The second kappa shape index (κ2) is 10.4. The fraction of sp³-hybridized carbons (Fsp3) is 0.417. The van der Waals surface area contributed by atoms with Crippen LogP contribution in [0, 0.1) is 5.82 Å². The van der Waals surface area contributed by atoms with E-state index >= 15 is 0 Å². The first-order valence-electron chi connectivity index (χ1n) is 11.0. The SMILES string of the molecule is CC(C)c1nc2c(c(-c3ccc(F)cc3)c1/C=C/[C@@H](O)C[C@@H](O)CC(=O)O)CCS(O)(O)N2C. The summed E-state index contributed by atoms with van der Waals surface area (Å²) in [4.78, 5) is 15.6. The molecule has 8 nitrogen and oxygen atoms in total. The van der Waals surface area contributed by atoms with Gasteiger partial charge in [0.1, 0.15) is 5.82 Å². The van der Waals surface area contributed by atoms with Crippen LogP contribution in [0.5, 0.6) is 0 Å². The van der Waals surface area contributed by atoms with Gasteiger partial charge in [0.2, 0.25) is 0 Å². The third-order valence-corrected chi connectivity index (χ3v) is 7.60. The second-order valence-corrected chi connectivity index (χ2v) is 11.0. The Hall–Kier alpha value is -2.50. The monoisotopic (exact) mass is 494 g/mol. The molecule has 2 aromatic rings. The zero-order valence-electron chi connectivity index (χ0n) is 19.3. The summed E-state index contributed by atoms with van der Waals surface area (Å²) in [5.41, 5.74) is 3.60. The first-order chi connectivity index (χ1) is 15.9. The summed E-state index contributed by atoms with van der Waals surface area (Å²) in [6.45, 7) is 3.88. The van der Waals surface area contributed by atoms with Crippen molar-refractivity contribution >= 4 is 28.6 Å². The van der Waals surface area contributed by atoms with E-state index in [0.29, 0.717) is 29.1 Å². The normalized spacial score (nSPS) is 18.1. The lowest BCUT2D eigenvalue weighted by molar-refractivity contribution is -0.139. The molecule has 0 saturated heterocycles. The minimum Gasteiger partial charge on any atom is -0.481 e. The van der Waals surface area contributed by atoms with E-state index < -0.39 is 35.4 Å². The highest BCUT2D eigenvalue weighted by Crippen LogP contribution is 2.52. The van der Waals surface area contributed by atoms with Crippen molar-refractivity contribution in [3.05, 3.63) is 53.0 Å². The molecule has 0 amide bonds. The van der Waals surface area contributed by atoms with Crippen LogP contribution in [-0.2, 0) is 11.2 Å². The number of aliphatic hydroxyl groups is 2. The van der Waals surface area contributed by atoms with Crippen molar-refractivity contribution in [3.8, 4) is 11.1 Å². The number of fused-ring (bicyclic) bond motifs is 1. The zero-order valence-corrected chi connectivity index (χ0v) is 20.2. The Morgan fingerprint density at radius 3 is 2.47 bits per heavy atom. The Labute approximate surface area is 199 Å². The number of hydrogen-bond acceptors (Lipinski definition) is 7. The van der Waals surface area contributed by atoms with Crippen LogP contribution in [0.15, 0.2) is 30.3 Å². The molecule has 0 unspecified atom stereocenters. The van der Waals surface area contributed by atoms with Crippen LogP contribution in [0.1, 0.15) is 49.4 Å². The number of anilines is 1. The number of hydrogen-bond donors (Lipinski definition) is 5. The molecule has 0 aliphatic carbocycles. The third-order valence-electron chi connectivity index (χ3n) is 5.79. The van der Waals surface area contributed by atoms with E-state index in [9.17, 15) is 28.5 Å². The van der Waals surface area contributed by atoms with Gasteiger partial charge in [-0.05, 0) is 35.6 Å². The molecule has 1 aliphatic rings. The van der Waals surface area contributed by atoms with E-state index in [1.54, 1.807) is 25.3 Å². The molecule has 5 N–H and O–H groups in total. The molecule has 0 spiro atoms. The molecule has 186 valence electrons. The number of aliphatic carboxylic acids is 1. The van der Waals surface area contributed by atoms with Crippen LogP contribution in [0.2, 0.25) is 0 Å². The minimum atomic E-state index is -3.01. The highest BCUT2D eigenvalue weighted by Gasteiger charge is 2.33. The molecule has 34 heavy (non-hydrogen) atoms. The molecule has 0 bridgehead atoms. The van der Waals surface area contributed by atoms with Crippen molar-refractivity contribution in [2.75, 3.05) is 17.1 Å². The van der Waals surface area contributed by atoms with E-state index in [2.05, 4.69) is 0 Å². The summed E-state index contributed by atoms with van der Waals surface area (Å²) in [6, 6.07) is 5.99. The number of nitrogens with zero attached hydrogens (tertiary/aromatic N) is 2. The predicted molar refractivity (Wildman–Crippen MR) is 131 cm³/mol. The molecule has 1 aromatic heterocycles. The van der Waals surface area contributed by atoms with E-state index in [4.69, 9.17) is 10.1 Å². The summed E-state index contributed by atoms with van der Waals surface area (Å²) in [7, 11) is -1.42. The second-order valence-electron chi connectivity index (χ2n) is 8.75. The summed E-state index contributed by atoms with van der Waals surface area (Å²) >= 11 is 0. The lowest BCUT2D eigenvalue weighted by Crippen LogP contribution is -2.32. The number of aromatic nitrogens is 1. The highest BCUT2D eigenvalue weighted by atomic mass is 32.3. The molecule has 0 fully saturated rings. The summed E-state index contributed by atoms with van der Waals surface area (Å²) in [6.07, 6.45) is 0.607.